The number of rotatable bonds is 3. The minimum Gasteiger partial charge on any atom is -0.545 e. The molecule has 6 rings (SSSR count). The summed E-state index contributed by atoms with van der Waals surface area (Å²) < 4.78 is 0. The van der Waals surface area contributed by atoms with Crippen molar-refractivity contribution in [2.24, 2.45) is 0 Å². The van der Waals surface area contributed by atoms with Gasteiger partial charge in [-0.15, -0.1) is 45.5 Å². The summed E-state index contributed by atoms with van der Waals surface area (Å²) in [5.74, 6) is 0. The number of hydrogen-bond acceptors (Lipinski definition) is 6. The first-order valence-electron chi connectivity index (χ1n) is 18.1. The average molecular weight is 1380 g/mol. The maximum Gasteiger partial charge on any atom is 4.00 e. The van der Waals surface area contributed by atoms with Crippen LogP contribution in [0.5, 0.6) is 0 Å². The van der Waals surface area contributed by atoms with Crippen molar-refractivity contribution in [1.82, 2.24) is 0 Å². The molecule has 0 saturated carbocycles. The van der Waals surface area contributed by atoms with Crippen LogP contribution in [0.1, 0.15) is 74.9 Å². The van der Waals surface area contributed by atoms with Crippen LogP contribution < -0.4 is 0 Å². The zero-order chi connectivity index (χ0) is 46.9. The molecule has 0 unspecified atom stereocenters. The molecule has 6 aromatic rings. The van der Waals surface area contributed by atoms with Crippen LogP contribution in [0, 0.1) is 64.1 Å². The van der Waals surface area contributed by atoms with Gasteiger partial charge in [-0.25, -0.2) is 33.4 Å². The minimum atomic E-state index is 0. The van der Waals surface area contributed by atoms with Gasteiger partial charge in [0.05, 0.1) is 0 Å². The van der Waals surface area contributed by atoms with Crippen LogP contribution in [-0.4, -0.2) is 40.7 Å². The zero-order valence-corrected chi connectivity index (χ0v) is 44.1. The van der Waals surface area contributed by atoms with Crippen molar-refractivity contribution < 1.29 is 92.0 Å². The van der Waals surface area contributed by atoms with Crippen LogP contribution in [-0.2, 0) is 103 Å². The van der Waals surface area contributed by atoms with Gasteiger partial charge < -0.3 is 28.8 Å². The maximum absolute atomic E-state index is 7.75. The molecule has 0 aliphatic rings. The molecule has 63 heavy (non-hydrogen) atoms. The summed E-state index contributed by atoms with van der Waals surface area (Å²) in [6.07, 6.45) is 0. The Bertz CT molecular complexity index is 1850. The summed E-state index contributed by atoms with van der Waals surface area (Å²) >= 11 is 0. The van der Waals surface area contributed by atoms with Gasteiger partial charge in [-0.05, 0) is 10.8 Å². The summed E-state index contributed by atoms with van der Waals surface area (Å²) in [6.45, 7) is 41.3. The Morgan fingerprint density at radius 2 is 0.603 bits per heavy atom. The predicted molar refractivity (Wildman–Crippen MR) is 246 cm³/mol. The molecular weight excluding hydrogens is 1330 g/mol. The van der Waals surface area contributed by atoms with Gasteiger partial charge in [0.15, 0.2) is 0 Å². The van der Waals surface area contributed by atoms with Gasteiger partial charge in [0.1, 0.15) is 0 Å². The first kappa shape index (κ1) is 70.1. The van der Waals surface area contributed by atoms with E-state index in [0.29, 0.717) is 0 Å². The first-order chi connectivity index (χ1) is 28.7. The number of hydrogen-bond donors (Lipinski definition) is 0. The van der Waals surface area contributed by atoms with E-state index in [2.05, 4.69) is 195 Å². The van der Waals surface area contributed by atoms with Crippen molar-refractivity contribution in [3.05, 3.63) is 179 Å². The van der Waals surface area contributed by atoms with Gasteiger partial charge in [-0.1, -0.05) is 69.2 Å². The molecule has 0 aromatic heterocycles. The zero-order valence-electron chi connectivity index (χ0n) is 37.3. The Kier molecular flexibility index (Phi) is 44.7. The Hall–Kier alpha value is -4.60. The van der Waals surface area contributed by atoms with Crippen LogP contribution >= 0.6 is 0 Å². The van der Waals surface area contributed by atoms with E-state index in [0.717, 1.165) is 33.4 Å². The van der Waals surface area contributed by atoms with Gasteiger partial charge >= 0.3 is 63.2 Å². The SMILES string of the molecule is CC(C)(C)c1c[c-]c(-c2[c-]cc(C(C)(C)C)cc2)cc1.Cc1c[c-]c(-c2[c-]cc(C)c(C)c2)cc1C.[CH-]=O.[CH-]=O.[CH-]=O.[CH-]=O.[CH-]=O.[CH-]=O.[Pt+4].[Pt+4].[Pt+4].[c-]1ccccc1-c1[c-]cccc1. The summed E-state index contributed by atoms with van der Waals surface area (Å²) in [5, 5.41) is 0. The molecule has 0 bridgehead atoms. The molecule has 0 aliphatic heterocycles. The van der Waals surface area contributed by atoms with Crippen molar-refractivity contribution in [2.45, 2.75) is 80.1 Å². The summed E-state index contributed by atoms with van der Waals surface area (Å²) in [7, 11) is 0. The topological polar surface area (TPSA) is 102 Å². The van der Waals surface area contributed by atoms with Crippen LogP contribution in [0.3, 0.4) is 0 Å². The smallest absolute Gasteiger partial charge is 0.545 e. The first-order valence-corrected chi connectivity index (χ1v) is 18.1. The fraction of sp³-hybridized carbons (Fsp3) is 0.222. The van der Waals surface area contributed by atoms with Crippen molar-refractivity contribution >= 4 is 40.7 Å². The van der Waals surface area contributed by atoms with E-state index in [-0.39, 0.29) is 74.0 Å². The molecule has 0 radical (unpaired) electrons. The van der Waals surface area contributed by atoms with E-state index in [1.165, 1.54) is 33.4 Å². The van der Waals surface area contributed by atoms with Crippen molar-refractivity contribution in [2.75, 3.05) is 0 Å². The molecular formula is C54H54O6Pt3. The maximum atomic E-state index is 7.75. The Balaban J connectivity index is -0.000000171. The standard InChI is InChI=1S/C20H24.C16H16.C12H8.6CHO.3Pt/c1-19(2,3)17-11-7-15(8-12-17)16-9-13-18(14-10-16)20(4,5)6;1-11-5-7-15(9-13(11)3)16-8-6-12(2)14(4)10-16;1-3-7-11(8-4-1)12-9-5-2-6-10-12;6*1-2;;;/h7,9,11-14H,1-6H3;5-6,9-10H,1-4H3;1-7,9H;6*1H;;;/q3*-2;6*-1;3*+4. The summed E-state index contributed by atoms with van der Waals surface area (Å²) in [4.78, 5) is 46.5. The number of carbonyl (C=O) groups excluding carboxylic acids is 6. The molecule has 0 saturated heterocycles. The van der Waals surface area contributed by atoms with E-state index in [1.54, 1.807) is 0 Å². The molecule has 0 spiro atoms. The second-order valence-corrected chi connectivity index (χ2v) is 14.5. The van der Waals surface area contributed by atoms with Gasteiger partial charge in [-0.3, -0.25) is 40.7 Å². The van der Waals surface area contributed by atoms with E-state index in [4.69, 9.17) is 28.8 Å². The molecule has 6 aromatic carbocycles. The predicted octanol–water partition coefficient (Wildman–Crippen LogP) is 11.0. The third-order valence-electron chi connectivity index (χ3n) is 8.50. The van der Waals surface area contributed by atoms with E-state index in [1.807, 2.05) is 60.7 Å². The van der Waals surface area contributed by atoms with Crippen molar-refractivity contribution in [3.63, 3.8) is 0 Å². The van der Waals surface area contributed by atoms with Gasteiger partial charge in [0.25, 0.3) is 0 Å². The normalized spacial score (nSPS) is 8.86. The summed E-state index contributed by atoms with van der Waals surface area (Å²) in [5.41, 5.74) is 14.8. The molecule has 0 atom stereocenters. The number of aryl methyl sites for hydroxylation is 4. The number of benzene rings is 6. The van der Waals surface area contributed by atoms with Gasteiger partial charge in [0.2, 0.25) is 0 Å². The third-order valence-corrected chi connectivity index (χ3v) is 8.50. The van der Waals surface area contributed by atoms with Crippen LogP contribution in [0.4, 0.5) is 0 Å². The Morgan fingerprint density at radius 3 is 0.810 bits per heavy atom. The monoisotopic (exact) mass is 1380 g/mol. The molecule has 0 aliphatic carbocycles. The van der Waals surface area contributed by atoms with Crippen molar-refractivity contribution in [3.8, 4) is 33.4 Å². The van der Waals surface area contributed by atoms with E-state index >= 15 is 0 Å². The van der Waals surface area contributed by atoms with Crippen LogP contribution in [0.2, 0.25) is 0 Å². The minimum absolute atomic E-state index is 0. The average Bonchev–Trinajstić information content (AvgIpc) is 3.30. The Morgan fingerprint density at radius 1 is 0.333 bits per heavy atom. The van der Waals surface area contributed by atoms with Crippen molar-refractivity contribution in [1.29, 1.82) is 0 Å². The van der Waals surface area contributed by atoms with Crippen LogP contribution in [0.25, 0.3) is 33.4 Å². The molecule has 0 N–H and O–H groups in total. The second-order valence-electron chi connectivity index (χ2n) is 14.5. The quantitative estimate of drug-likeness (QED) is 0.129. The van der Waals surface area contributed by atoms with Gasteiger partial charge in [0, 0.05) is 0 Å². The Labute approximate surface area is 421 Å². The molecule has 0 heterocycles. The molecule has 336 valence electrons. The second kappa shape index (κ2) is 40.2. The molecule has 6 nitrogen and oxygen atoms in total. The van der Waals surface area contributed by atoms with E-state index in [9.17, 15) is 0 Å². The van der Waals surface area contributed by atoms with E-state index < -0.39 is 0 Å². The van der Waals surface area contributed by atoms with Gasteiger partial charge in [-0.2, -0.15) is 133 Å². The molecule has 9 heteroatoms. The largest absolute Gasteiger partial charge is 4.00 e. The fourth-order valence-corrected chi connectivity index (χ4v) is 4.89. The summed E-state index contributed by atoms with van der Waals surface area (Å²) in [6, 6.07) is 56.8. The third kappa shape index (κ3) is 26.6. The van der Waals surface area contributed by atoms with Crippen LogP contribution in [0.15, 0.2) is 109 Å². The molecule has 0 amide bonds. The molecule has 0 fully saturated rings. The fourth-order valence-electron chi connectivity index (χ4n) is 4.89.